The van der Waals surface area contributed by atoms with Gasteiger partial charge in [0.2, 0.25) is 0 Å². The average molecular weight is 377 g/mol. The Hall–Kier alpha value is -2.91. The molecule has 0 amide bonds. The molecule has 4 rings (SSSR count). The number of allylic oxidation sites excluding steroid dienone is 1. The molecule has 27 heavy (non-hydrogen) atoms. The largest absolute Gasteiger partial charge is 0.494 e. The summed E-state index contributed by atoms with van der Waals surface area (Å²) in [6, 6.07) is 9.66. The molecule has 136 valence electrons. The number of aromatic nitrogens is 2. The van der Waals surface area contributed by atoms with Crippen LogP contribution in [0.3, 0.4) is 0 Å². The van der Waals surface area contributed by atoms with Crippen LogP contribution in [-0.2, 0) is 12.8 Å². The maximum atomic E-state index is 12.7. The third kappa shape index (κ3) is 3.38. The summed E-state index contributed by atoms with van der Waals surface area (Å²) < 4.78 is 5.51. The molecule has 6 heteroatoms. The van der Waals surface area contributed by atoms with E-state index in [0.29, 0.717) is 23.4 Å². The number of hydrogen-bond donors (Lipinski definition) is 1. The van der Waals surface area contributed by atoms with E-state index in [9.17, 15) is 10.1 Å². The number of nitrogens with zero attached hydrogens (tertiary/aromatic N) is 2. The van der Waals surface area contributed by atoms with Crippen molar-refractivity contribution in [1.29, 1.82) is 5.26 Å². The molecule has 5 nitrogen and oxygen atoms in total. The lowest BCUT2D eigenvalue weighted by molar-refractivity contribution is 0.340. The van der Waals surface area contributed by atoms with Gasteiger partial charge in [-0.15, -0.1) is 11.3 Å². The normalized spacial score (nSPS) is 14.0. The number of nitrogens with one attached hydrogen (secondary N) is 1. The lowest BCUT2D eigenvalue weighted by Gasteiger charge is -2.09. The highest BCUT2D eigenvalue weighted by Gasteiger charge is 2.20. The highest BCUT2D eigenvalue weighted by atomic mass is 32.1. The van der Waals surface area contributed by atoms with Gasteiger partial charge in [-0.2, -0.15) is 5.26 Å². The molecule has 1 N–H and O–H groups in total. The number of aryl methyl sites for hydroxylation is 2. The smallest absolute Gasteiger partial charge is 0.260 e. The number of benzene rings is 1. The van der Waals surface area contributed by atoms with Crippen LogP contribution in [0, 0.1) is 11.3 Å². The number of fused-ring (bicyclic) bond motifs is 3. The van der Waals surface area contributed by atoms with Crippen LogP contribution in [0.15, 0.2) is 29.1 Å². The van der Waals surface area contributed by atoms with Gasteiger partial charge in [0.05, 0.1) is 17.6 Å². The van der Waals surface area contributed by atoms with Crippen molar-refractivity contribution in [3.63, 3.8) is 0 Å². The number of thiophene rings is 1. The zero-order valence-corrected chi connectivity index (χ0v) is 15.9. The van der Waals surface area contributed by atoms with Crippen molar-refractivity contribution in [2.45, 2.75) is 32.6 Å². The summed E-state index contributed by atoms with van der Waals surface area (Å²) in [5, 5.41) is 10.3. The van der Waals surface area contributed by atoms with Crippen molar-refractivity contribution >= 4 is 33.2 Å². The lowest BCUT2D eigenvalue weighted by atomic mass is 9.97. The molecule has 0 fully saturated rings. The van der Waals surface area contributed by atoms with Crippen LogP contribution < -0.4 is 10.3 Å². The third-order valence-corrected chi connectivity index (χ3v) is 5.87. The van der Waals surface area contributed by atoms with Gasteiger partial charge in [0.25, 0.3) is 5.56 Å². The zero-order valence-electron chi connectivity index (χ0n) is 15.0. The van der Waals surface area contributed by atoms with E-state index in [4.69, 9.17) is 4.74 Å². The van der Waals surface area contributed by atoms with Crippen LogP contribution in [-0.4, -0.2) is 16.6 Å². The van der Waals surface area contributed by atoms with Gasteiger partial charge in [-0.1, -0.05) is 12.1 Å². The second-order valence-corrected chi connectivity index (χ2v) is 7.56. The summed E-state index contributed by atoms with van der Waals surface area (Å²) in [6.45, 7) is 2.50. The first kappa shape index (κ1) is 17.5. The molecule has 0 aliphatic heterocycles. The summed E-state index contributed by atoms with van der Waals surface area (Å²) in [5.41, 5.74) is 2.15. The summed E-state index contributed by atoms with van der Waals surface area (Å²) >= 11 is 1.58. The summed E-state index contributed by atoms with van der Waals surface area (Å²) in [6.07, 6.45) is 5.94. The number of hydrogen-bond acceptors (Lipinski definition) is 5. The van der Waals surface area contributed by atoms with Gasteiger partial charge >= 0.3 is 0 Å². The Kier molecular flexibility index (Phi) is 4.78. The molecular weight excluding hydrogens is 358 g/mol. The van der Waals surface area contributed by atoms with Crippen LogP contribution in [0.4, 0.5) is 0 Å². The molecule has 3 aromatic rings. The minimum absolute atomic E-state index is 0.154. The molecule has 0 saturated heterocycles. The Balaban J connectivity index is 1.79. The van der Waals surface area contributed by atoms with E-state index in [1.807, 2.05) is 31.2 Å². The minimum atomic E-state index is -0.154. The van der Waals surface area contributed by atoms with Crippen LogP contribution in [0.2, 0.25) is 0 Å². The molecule has 0 saturated carbocycles. The molecule has 2 heterocycles. The monoisotopic (exact) mass is 377 g/mol. The van der Waals surface area contributed by atoms with Crippen LogP contribution >= 0.6 is 11.3 Å². The van der Waals surface area contributed by atoms with E-state index in [1.54, 1.807) is 17.4 Å². The molecule has 0 spiro atoms. The van der Waals surface area contributed by atoms with Crippen molar-refractivity contribution in [1.82, 2.24) is 9.97 Å². The van der Waals surface area contributed by atoms with Crippen LogP contribution in [0.5, 0.6) is 5.75 Å². The molecule has 1 aliphatic rings. The quantitative estimate of drug-likeness (QED) is 0.687. The Bertz CT molecular complexity index is 1130. The Morgan fingerprint density at radius 2 is 2.26 bits per heavy atom. The van der Waals surface area contributed by atoms with Crippen LogP contribution in [0.25, 0.3) is 21.9 Å². The van der Waals surface area contributed by atoms with Gasteiger partial charge in [0, 0.05) is 4.88 Å². The van der Waals surface area contributed by atoms with Crippen molar-refractivity contribution in [2.24, 2.45) is 0 Å². The standard InChI is InChI=1S/C21H19N3O2S/c1-2-26-15-7-5-6-13(11-15)10-14(12-22)19-23-20(25)18-16-8-3-4-9-17(16)27-21(18)24-19/h5-7,10-11H,2-4,8-9H2,1H3,(H,23,24,25). The first-order chi connectivity index (χ1) is 13.2. The third-order valence-electron chi connectivity index (χ3n) is 4.68. The molecule has 0 radical (unpaired) electrons. The number of aromatic amines is 1. The first-order valence-corrected chi connectivity index (χ1v) is 9.91. The number of nitriles is 1. The van der Waals surface area contributed by atoms with E-state index in [0.717, 1.165) is 47.4 Å². The predicted octanol–water partition coefficient (Wildman–Crippen LogP) is 4.33. The fourth-order valence-corrected chi connectivity index (χ4v) is 4.73. The highest BCUT2D eigenvalue weighted by molar-refractivity contribution is 7.18. The van der Waals surface area contributed by atoms with Gasteiger partial charge in [0.1, 0.15) is 16.6 Å². The Labute approximate surface area is 161 Å². The predicted molar refractivity (Wildman–Crippen MR) is 108 cm³/mol. The molecule has 0 unspecified atom stereocenters. The molecular formula is C21H19N3O2S. The topological polar surface area (TPSA) is 78.8 Å². The molecule has 2 aromatic heterocycles. The fraction of sp³-hybridized carbons (Fsp3) is 0.286. The maximum absolute atomic E-state index is 12.7. The van der Waals surface area contributed by atoms with E-state index in [2.05, 4.69) is 16.0 Å². The average Bonchev–Trinajstić information content (AvgIpc) is 3.05. The minimum Gasteiger partial charge on any atom is -0.494 e. The summed E-state index contributed by atoms with van der Waals surface area (Å²) in [5.74, 6) is 1.06. The van der Waals surface area contributed by atoms with Gasteiger partial charge in [-0.05, 0) is 61.9 Å². The maximum Gasteiger partial charge on any atom is 0.260 e. The highest BCUT2D eigenvalue weighted by Crippen LogP contribution is 2.34. The first-order valence-electron chi connectivity index (χ1n) is 9.09. The zero-order chi connectivity index (χ0) is 18.8. The molecule has 1 aliphatic carbocycles. The molecule has 0 atom stereocenters. The lowest BCUT2D eigenvalue weighted by Crippen LogP contribution is -2.12. The van der Waals surface area contributed by atoms with Gasteiger partial charge in [-0.3, -0.25) is 4.79 Å². The van der Waals surface area contributed by atoms with Crippen molar-refractivity contribution in [2.75, 3.05) is 6.61 Å². The summed E-state index contributed by atoms with van der Waals surface area (Å²) in [7, 11) is 0. The van der Waals surface area contributed by atoms with Gasteiger partial charge in [-0.25, -0.2) is 4.98 Å². The van der Waals surface area contributed by atoms with Crippen molar-refractivity contribution < 1.29 is 4.74 Å². The van der Waals surface area contributed by atoms with E-state index < -0.39 is 0 Å². The van der Waals surface area contributed by atoms with E-state index in [1.165, 1.54) is 4.88 Å². The van der Waals surface area contributed by atoms with E-state index in [-0.39, 0.29) is 5.56 Å². The Morgan fingerprint density at radius 1 is 1.41 bits per heavy atom. The van der Waals surface area contributed by atoms with Gasteiger partial charge in [0.15, 0.2) is 5.82 Å². The Morgan fingerprint density at radius 3 is 3.07 bits per heavy atom. The van der Waals surface area contributed by atoms with E-state index >= 15 is 0 Å². The fourth-order valence-electron chi connectivity index (χ4n) is 3.47. The summed E-state index contributed by atoms with van der Waals surface area (Å²) in [4.78, 5) is 22.1. The van der Waals surface area contributed by atoms with Crippen LogP contribution in [0.1, 0.15) is 41.6 Å². The number of rotatable bonds is 4. The van der Waals surface area contributed by atoms with Crippen molar-refractivity contribution in [3.05, 3.63) is 56.4 Å². The second kappa shape index (κ2) is 7.37. The van der Waals surface area contributed by atoms with Gasteiger partial charge < -0.3 is 9.72 Å². The number of ether oxygens (including phenoxy) is 1. The van der Waals surface area contributed by atoms with Crippen molar-refractivity contribution in [3.8, 4) is 11.8 Å². The molecule has 0 bridgehead atoms. The SMILES string of the molecule is CCOc1cccc(C=C(C#N)c2nc3sc4c(c3c(=O)[nH]2)CCCC4)c1. The second-order valence-electron chi connectivity index (χ2n) is 6.48. The molecule has 1 aromatic carbocycles. The number of H-pyrrole nitrogens is 1.